The Bertz CT molecular complexity index is 616. The van der Waals surface area contributed by atoms with Gasteiger partial charge in [-0.3, -0.25) is 9.48 Å². The Labute approximate surface area is 110 Å². The summed E-state index contributed by atoms with van der Waals surface area (Å²) in [5, 5.41) is 4.16. The topological polar surface area (TPSA) is 89.9 Å². The van der Waals surface area contributed by atoms with Crippen molar-refractivity contribution in [3.05, 3.63) is 36.0 Å². The minimum absolute atomic E-state index is 0.253. The molecule has 2 aromatic rings. The van der Waals surface area contributed by atoms with Crippen molar-refractivity contribution in [3.8, 4) is 0 Å². The maximum atomic E-state index is 11.0. The number of aromatic nitrogens is 4. The van der Waals surface area contributed by atoms with Gasteiger partial charge in [-0.15, -0.1) is 0 Å². The van der Waals surface area contributed by atoms with Crippen LogP contribution in [0, 0.1) is 6.92 Å². The third-order valence-electron chi connectivity index (χ3n) is 3.21. The zero-order valence-electron chi connectivity index (χ0n) is 10.5. The van der Waals surface area contributed by atoms with Gasteiger partial charge in [-0.05, 0) is 13.0 Å². The highest BCUT2D eigenvalue weighted by atomic mass is 16.1. The fourth-order valence-corrected chi connectivity index (χ4v) is 2.09. The molecule has 3 rings (SSSR count). The highest BCUT2D eigenvalue weighted by Crippen LogP contribution is 2.25. The van der Waals surface area contributed by atoms with Gasteiger partial charge in [-0.25, -0.2) is 9.97 Å². The van der Waals surface area contributed by atoms with Crippen LogP contribution in [0.1, 0.15) is 22.2 Å². The van der Waals surface area contributed by atoms with Gasteiger partial charge >= 0.3 is 0 Å². The SMILES string of the molecule is Cc1nccc(N2CC(n3cc(C(N)=O)cn3)C2)n1. The Morgan fingerprint density at radius 2 is 2.26 bits per heavy atom. The molecule has 0 aromatic carbocycles. The molecule has 0 saturated carbocycles. The lowest BCUT2D eigenvalue weighted by atomic mass is 10.1. The average Bonchev–Trinajstić information content (AvgIpc) is 2.76. The Kier molecular flexibility index (Phi) is 2.66. The van der Waals surface area contributed by atoms with Crippen molar-refractivity contribution in [2.75, 3.05) is 18.0 Å². The van der Waals surface area contributed by atoms with E-state index in [0.29, 0.717) is 5.56 Å². The summed E-state index contributed by atoms with van der Waals surface area (Å²) in [6.45, 7) is 3.50. The van der Waals surface area contributed by atoms with E-state index in [4.69, 9.17) is 5.73 Å². The summed E-state index contributed by atoms with van der Waals surface area (Å²) >= 11 is 0. The number of primary amides is 1. The number of carbonyl (C=O) groups excluding carboxylic acids is 1. The van der Waals surface area contributed by atoms with Crippen LogP contribution >= 0.6 is 0 Å². The number of carbonyl (C=O) groups is 1. The number of aryl methyl sites for hydroxylation is 1. The van der Waals surface area contributed by atoms with Crippen molar-refractivity contribution in [3.63, 3.8) is 0 Å². The minimum Gasteiger partial charge on any atom is -0.366 e. The lowest BCUT2D eigenvalue weighted by Gasteiger charge is -2.40. The van der Waals surface area contributed by atoms with E-state index in [1.807, 2.05) is 13.0 Å². The lowest BCUT2D eigenvalue weighted by molar-refractivity contribution is 0.1000. The first-order chi connectivity index (χ1) is 9.13. The summed E-state index contributed by atoms with van der Waals surface area (Å²) in [5.41, 5.74) is 5.64. The molecule has 1 amide bonds. The molecule has 0 spiro atoms. The fourth-order valence-electron chi connectivity index (χ4n) is 2.09. The first kappa shape index (κ1) is 11.6. The van der Waals surface area contributed by atoms with Crippen LogP contribution in [-0.4, -0.2) is 38.7 Å². The molecule has 7 heteroatoms. The van der Waals surface area contributed by atoms with Crippen LogP contribution in [0.3, 0.4) is 0 Å². The Hall–Kier alpha value is -2.44. The maximum absolute atomic E-state index is 11.0. The second kappa shape index (κ2) is 4.34. The van der Waals surface area contributed by atoms with Gasteiger partial charge in [0.25, 0.3) is 5.91 Å². The van der Waals surface area contributed by atoms with Crippen LogP contribution < -0.4 is 10.6 Å². The average molecular weight is 258 g/mol. The van der Waals surface area contributed by atoms with Crippen LogP contribution in [0.15, 0.2) is 24.7 Å². The molecule has 1 aliphatic heterocycles. The Balaban J connectivity index is 1.67. The van der Waals surface area contributed by atoms with Crippen molar-refractivity contribution in [2.45, 2.75) is 13.0 Å². The number of anilines is 1. The lowest BCUT2D eigenvalue weighted by Crippen LogP contribution is -2.48. The van der Waals surface area contributed by atoms with E-state index in [-0.39, 0.29) is 6.04 Å². The highest BCUT2D eigenvalue weighted by Gasteiger charge is 2.30. The van der Waals surface area contributed by atoms with Crippen LogP contribution in [0.25, 0.3) is 0 Å². The Morgan fingerprint density at radius 1 is 1.47 bits per heavy atom. The van der Waals surface area contributed by atoms with E-state index in [1.54, 1.807) is 17.1 Å². The molecule has 19 heavy (non-hydrogen) atoms. The standard InChI is InChI=1S/C12H14N6O/c1-8-14-3-2-11(16-8)17-6-10(7-17)18-5-9(4-15-18)12(13)19/h2-5,10H,6-7H2,1H3,(H2,13,19). The van der Waals surface area contributed by atoms with Gasteiger partial charge < -0.3 is 10.6 Å². The molecule has 7 nitrogen and oxygen atoms in total. The van der Waals surface area contributed by atoms with Gasteiger partial charge in [0.1, 0.15) is 11.6 Å². The van der Waals surface area contributed by atoms with Crippen molar-refractivity contribution in [2.24, 2.45) is 5.73 Å². The van der Waals surface area contributed by atoms with Crippen LogP contribution in [0.5, 0.6) is 0 Å². The van der Waals surface area contributed by atoms with Crippen LogP contribution in [-0.2, 0) is 0 Å². The molecule has 1 saturated heterocycles. The number of hydrogen-bond acceptors (Lipinski definition) is 5. The number of nitrogens with zero attached hydrogens (tertiary/aromatic N) is 5. The van der Waals surface area contributed by atoms with E-state index >= 15 is 0 Å². The monoisotopic (exact) mass is 258 g/mol. The van der Waals surface area contributed by atoms with Gasteiger partial charge in [0.2, 0.25) is 0 Å². The largest absolute Gasteiger partial charge is 0.366 e. The smallest absolute Gasteiger partial charge is 0.251 e. The molecule has 0 aliphatic carbocycles. The minimum atomic E-state index is -0.450. The van der Waals surface area contributed by atoms with Gasteiger partial charge in [0.05, 0.1) is 17.8 Å². The van der Waals surface area contributed by atoms with Gasteiger partial charge in [-0.2, -0.15) is 5.10 Å². The highest BCUT2D eigenvalue weighted by molar-refractivity contribution is 5.92. The molecule has 1 aliphatic rings. The van der Waals surface area contributed by atoms with Crippen molar-refractivity contribution in [1.82, 2.24) is 19.7 Å². The summed E-state index contributed by atoms with van der Waals surface area (Å²) < 4.78 is 1.78. The molecule has 0 bridgehead atoms. The quantitative estimate of drug-likeness (QED) is 0.845. The normalized spacial score (nSPS) is 15.3. The molecule has 0 unspecified atom stereocenters. The second-order valence-corrected chi connectivity index (χ2v) is 4.59. The molecule has 3 heterocycles. The van der Waals surface area contributed by atoms with Crippen molar-refractivity contribution in [1.29, 1.82) is 0 Å². The summed E-state index contributed by atoms with van der Waals surface area (Å²) in [5.74, 6) is 1.23. The van der Waals surface area contributed by atoms with Gasteiger partial charge in [-0.1, -0.05) is 0 Å². The number of rotatable bonds is 3. The molecule has 2 aromatic heterocycles. The van der Waals surface area contributed by atoms with E-state index in [1.165, 1.54) is 6.20 Å². The summed E-state index contributed by atoms with van der Waals surface area (Å²) in [6, 6.07) is 2.14. The number of nitrogens with two attached hydrogens (primary N) is 1. The first-order valence-electron chi connectivity index (χ1n) is 6.02. The molecule has 0 radical (unpaired) electrons. The predicted molar refractivity (Wildman–Crippen MR) is 68.8 cm³/mol. The number of hydrogen-bond donors (Lipinski definition) is 1. The van der Waals surface area contributed by atoms with E-state index in [2.05, 4.69) is 20.0 Å². The summed E-state index contributed by atoms with van der Waals surface area (Å²) in [7, 11) is 0. The molecule has 2 N–H and O–H groups in total. The first-order valence-corrected chi connectivity index (χ1v) is 6.02. The Morgan fingerprint density at radius 3 is 2.89 bits per heavy atom. The zero-order valence-corrected chi connectivity index (χ0v) is 10.5. The molecule has 1 fully saturated rings. The molecular weight excluding hydrogens is 244 g/mol. The maximum Gasteiger partial charge on any atom is 0.251 e. The van der Waals surface area contributed by atoms with E-state index < -0.39 is 5.91 Å². The number of amides is 1. The summed E-state index contributed by atoms with van der Waals surface area (Å²) in [6.07, 6.45) is 4.94. The third kappa shape index (κ3) is 2.14. The van der Waals surface area contributed by atoms with Gasteiger partial charge in [0.15, 0.2) is 0 Å². The van der Waals surface area contributed by atoms with Crippen molar-refractivity contribution < 1.29 is 4.79 Å². The van der Waals surface area contributed by atoms with E-state index in [9.17, 15) is 4.79 Å². The zero-order chi connectivity index (χ0) is 13.4. The van der Waals surface area contributed by atoms with Gasteiger partial charge in [0, 0.05) is 25.5 Å². The fraction of sp³-hybridized carbons (Fsp3) is 0.333. The van der Waals surface area contributed by atoms with Crippen LogP contribution in [0.2, 0.25) is 0 Å². The molecular formula is C12H14N6O. The third-order valence-corrected chi connectivity index (χ3v) is 3.21. The van der Waals surface area contributed by atoms with Crippen LogP contribution in [0.4, 0.5) is 5.82 Å². The van der Waals surface area contributed by atoms with E-state index in [0.717, 1.165) is 24.7 Å². The van der Waals surface area contributed by atoms with Crippen molar-refractivity contribution >= 4 is 11.7 Å². The molecule has 0 atom stereocenters. The molecule has 98 valence electrons. The summed E-state index contributed by atoms with van der Waals surface area (Å²) in [4.78, 5) is 21.6. The predicted octanol–water partition coefficient (Wildman–Crippen LogP) is 0.142. The second-order valence-electron chi connectivity index (χ2n) is 4.59.